The van der Waals surface area contributed by atoms with Crippen LogP contribution in [0, 0.1) is 13.5 Å². The van der Waals surface area contributed by atoms with Crippen LogP contribution in [0.15, 0.2) is 35.2 Å². The van der Waals surface area contributed by atoms with Gasteiger partial charge < -0.3 is 4.90 Å². The number of aryl methyl sites for hydroxylation is 1. The molecule has 0 N–H and O–H groups in total. The quantitative estimate of drug-likeness (QED) is 0.547. The average Bonchev–Trinajstić information content (AvgIpc) is 2.53. The van der Waals surface area contributed by atoms with Crippen LogP contribution in [-0.4, -0.2) is 26.9 Å². The molecule has 0 saturated heterocycles. The van der Waals surface area contributed by atoms with Gasteiger partial charge in [-0.1, -0.05) is 23.7 Å². The van der Waals surface area contributed by atoms with Gasteiger partial charge in [-0.2, -0.15) is 0 Å². The van der Waals surface area contributed by atoms with Gasteiger partial charge in [0.15, 0.2) is 5.69 Å². The Morgan fingerprint density at radius 3 is 2.64 bits per heavy atom. The molecule has 0 fully saturated rings. The summed E-state index contributed by atoms with van der Waals surface area (Å²) >= 11 is 6.20. The van der Waals surface area contributed by atoms with Crippen LogP contribution < -0.4 is 0 Å². The minimum absolute atomic E-state index is 0.0780. The Kier molecular flexibility index (Phi) is 4.82. The van der Waals surface area contributed by atoms with E-state index >= 15 is 0 Å². The minimum Gasteiger partial charge on any atom is -0.302 e. The van der Waals surface area contributed by atoms with Crippen LogP contribution in [0.25, 0.3) is 4.85 Å². The summed E-state index contributed by atoms with van der Waals surface area (Å²) in [5.74, 6) is -0.0780. The van der Waals surface area contributed by atoms with Crippen LogP contribution in [-0.2, 0) is 15.6 Å². The first-order chi connectivity index (χ1) is 11.7. The Morgan fingerprint density at radius 1 is 1.28 bits per heavy atom. The summed E-state index contributed by atoms with van der Waals surface area (Å²) in [7, 11) is 3.73. The number of hydrogen-bond acceptors (Lipinski definition) is 3. The Hall–Kier alpha value is -1.58. The maximum Gasteiger partial charge on any atom is 0.261 e. The normalized spacial score (nSPS) is 17.8. The van der Waals surface area contributed by atoms with Gasteiger partial charge in [0, 0.05) is 34.7 Å². The lowest BCUT2D eigenvalue weighted by atomic mass is 9.84. The zero-order valence-electron chi connectivity index (χ0n) is 13.8. The molecular weight excluding hydrogens is 379 g/mol. The number of benzene rings is 2. The fourth-order valence-electron chi connectivity index (χ4n) is 3.35. The van der Waals surface area contributed by atoms with Crippen molar-refractivity contribution in [2.45, 2.75) is 24.3 Å². The Labute approximate surface area is 157 Å². The van der Waals surface area contributed by atoms with Crippen molar-refractivity contribution in [3.8, 4) is 0 Å². The first-order valence-electron chi connectivity index (χ1n) is 7.64. The molecule has 1 aliphatic heterocycles. The van der Waals surface area contributed by atoms with E-state index in [1.165, 1.54) is 0 Å². The second-order valence-corrected chi connectivity index (χ2v) is 9.29. The third-order valence-corrected chi connectivity index (χ3v) is 6.20. The number of halogens is 2. The lowest BCUT2D eigenvalue weighted by molar-refractivity contribution is 0.296. The molecule has 130 valence electrons. The molecule has 2 aromatic carbocycles. The van der Waals surface area contributed by atoms with Crippen molar-refractivity contribution in [2.24, 2.45) is 0 Å². The SMILES string of the molecule is [C-]#[N+]c1cc(Cl)cc2c1CN(C)CC2c1ccc(C)c(S(=O)(=O)Cl)c1. The highest BCUT2D eigenvalue weighted by atomic mass is 35.7. The summed E-state index contributed by atoms with van der Waals surface area (Å²) in [5.41, 5.74) is 3.90. The minimum atomic E-state index is -3.82. The van der Waals surface area contributed by atoms with Crippen molar-refractivity contribution in [3.05, 3.63) is 69.0 Å². The van der Waals surface area contributed by atoms with Gasteiger partial charge in [-0.3, -0.25) is 0 Å². The number of fused-ring (bicyclic) bond motifs is 1. The first-order valence-corrected chi connectivity index (χ1v) is 10.3. The van der Waals surface area contributed by atoms with E-state index in [1.807, 2.05) is 19.2 Å². The van der Waals surface area contributed by atoms with Crippen molar-refractivity contribution in [2.75, 3.05) is 13.6 Å². The Morgan fingerprint density at radius 2 is 2.00 bits per heavy atom. The molecule has 7 heteroatoms. The highest BCUT2D eigenvalue weighted by Gasteiger charge is 2.28. The lowest BCUT2D eigenvalue weighted by Crippen LogP contribution is -2.31. The molecule has 2 aromatic rings. The predicted molar refractivity (Wildman–Crippen MR) is 100 cm³/mol. The fraction of sp³-hybridized carbons (Fsp3) is 0.278. The summed E-state index contributed by atoms with van der Waals surface area (Å²) in [6.45, 7) is 10.5. The van der Waals surface area contributed by atoms with Gasteiger partial charge in [0.05, 0.1) is 11.5 Å². The van der Waals surface area contributed by atoms with Gasteiger partial charge >= 0.3 is 0 Å². The van der Waals surface area contributed by atoms with Gasteiger partial charge in [0.1, 0.15) is 0 Å². The topological polar surface area (TPSA) is 41.7 Å². The Bertz CT molecular complexity index is 997. The first kappa shape index (κ1) is 18.2. The summed E-state index contributed by atoms with van der Waals surface area (Å²) in [4.78, 5) is 5.83. The molecule has 1 unspecified atom stereocenters. The maximum absolute atomic E-state index is 11.8. The molecule has 1 heterocycles. The number of hydrogen-bond donors (Lipinski definition) is 0. The number of rotatable bonds is 2. The van der Waals surface area contributed by atoms with E-state index in [2.05, 4.69) is 9.74 Å². The predicted octanol–water partition coefficient (Wildman–Crippen LogP) is 4.70. The molecule has 0 amide bonds. The summed E-state index contributed by atoms with van der Waals surface area (Å²) in [5, 5.41) is 0.511. The van der Waals surface area contributed by atoms with Crippen LogP contribution in [0.4, 0.5) is 5.69 Å². The zero-order valence-corrected chi connectivity index (χ0v) is 16.1. The number of likely N-dealkylation sites (N-methyl/N-ethyl adjacent to an activating group) is 1. The molecular formula is C18H16Cl2N2O2S. The standard InChI is InChI=1S/C18H16Cl2N2O2S/c1-11-4-5-12(6-18(11)25(20,23)24)15-9-22(3)10-16-14(15)7-13(19)8-17(16)21-2/h4-8,15H,9-10H2,1,3H3. The Balaban J connectivity index is 2.21. The highest BCUT2D eigenvalue weighted by Crippen LogP contribution is 2.40. The molecule has 0 aromatic heterocycles. The zero-order chi connectivity index (χ0) is 18.4. The molecule has 0 bridgehead atoms. The van der Waals surface area contributed by atoms with Crippen LogP contribution in [0.2, 0.25) is 5.02 Å². The average molecular weight is 395 g/mol. The van der Waals surface area contributed by atoms with E-state index in [4.69, 9.17) is 28.9 Å². The third kappa shape index (κ3) is 3.54. The van der Waals surface area contributed by atoms with Crippen molar-refractivity contribution in [3.63, 3.8) is 0 Å². The molecule has 0 radical (unpaired) electrons. The van der Waals surface area contributed by atoms with E-state index in [-0.39, 0.29) is 10.8 Å². The van der Waals surface area contributed by atoms with Crippen LogP contribution >= 0.6 is 22.3 Å². The van der Waals surface area contributed by atoms with Crippen LogP contribution in [0.5, 0.6) is 0 Å². The highest BCUT2D eigenvalue weighted by molar-refractivity contribution is 8.13. The van der Waals surface area contributed by atoms with Gasteiger partial charge in [0.25, 0.3) is 9.05 Å². The largest absolute Gasteiger partial charge is 0.302 e. The summed E-state index contributed by atoms with van der Waals surface area (Å²) in [6.07, 6.45) is 0. The molecule has 4 nitrogen and oxygen atoms in total. The van der Waals surface area contributed by atoms with Crippen molar-refractivity contribution >= 4 is 37.0 Å². The van der Waals surface area contributed by atoms with Gasteiger partial charge in [0.2, 0.25) is 0 Å². The molecule has 1 atom stereocenters. The van der Waals surface area contributed by atoms with Crippen LogP contribution in [0.3, 0.4) is 0 Å². The van der Waals surface area contributed by atoms with Crippen molar-refractivity contribution in [1.29, 1.82) is 0 Å². The number of nitrogens with zero attached hydrogens (tertiary/aromatic N) is 2. The van der Waals surface area contributed by atoms with Gasteiger partial charge in [-0.05, 0) is 54.4 Å². The van der Waals surface area contributed by atoms with Crippen molar-refractivity contribution in [1.82, 2.24) is 4.90 Å². The molecule has 25 heavy (non-hydrogen) atoms. The van der Waals surface area contributed by atoms with Crippen molar-refractivity contribution < 1.29 is 8.42 Å². The molecule has 1 aliphatic rings. The lowest BCUT2D eigenvalue weighted by Gasteiger charge is -2.33. The second-order valence-electron chi connectivity index (χ2n) is 6.32. The molecule has 0 spiro atoms. The summed E-state index contributed by atoms with van der Waals surface area (Å²) in [6, 6.07) is 8.85. The fourth-order valence-corrected chi connectivity index (χ4v) is 4.80. The maximum atomic E-state index is 11.8. The summed E-state index contributed by atoms with van der Waals surface area (Å²) < 4.78 is 23.7. The van der Waals surface area contributed by atoms with E-state index in [0.29, 0.717) is 29.4 Å². The third-order valence-electron chi connectivity index (χ3n) is 4.52. The van der Waals surface area contributed by atoms with E-state index < -0.39 is 9.05 Å². The van der Waals surface area contributed by atoms with E-state index in [1.54, 1.807) is 25.1 Å². The monoisotopic (exact) mass is 394 g/mol. The van der Waals surface area contributed by atoms with Gasteiger partial charge in [-0.25, -0.2) is 13.3 Å². The van der Waals surface area contributed by atoms with Gasteiger partial charge in [-0.15, -0.1) is 0 Å². The molecule has 0 aliphatic carbocycles. The molecule has 0 saturated carbocycles. The smallest absolute Gasteiger partial charge is 0.261 e. The van der Waals surface area contributed by atoms with E-state index in [9.17, 15) is 8.42 Å². The second kappa shape index (κ2) is 6.62. The van der Waals surface area contributed by atoms with E-state index in [0.717, 1.165) is 16.7 Å². The van der Waals surface area contributed by atoms with Crippen LogP contribution in [0.1, 0.15) is 28.2 Å². The molecule has 3 rings (SSSR count).